The Kier molecular flexibility index (Phi) is 4.00. The van der Waals surface area contributed by atoms with Gasteiger partial charge in [-0.3, -0.25) is 0 Å². The summed E-state index contributed by atoms with van der Waals surface area (Å²) in [4.78, 5) is 4.24. The molecule has 0 fully saturated rings. The molecule has 0 unspecified atom stereocenters. The van der Waals surface area contributed by atoms with Crippen molar-refractivity contribution in [3.05, 3.63) is 59.7 Å². The maximum atomic E-state index is 13.6. The summed E-state index contributed by atoms with van der Waals surface area (Å²) in [5, 5.41) is 3.16. The zero-order chi connectivity index (χ0) is 13.8. The molecular formula is C15H18FN3. The molecule has 3 nitrogen and oxygen atoms in total. The second-order valence-electron chi connectivity index (χ2n) is 4.59. The SMILES string of the molecule is C=CCNc1nccn1Cc1cc(C)c(F)c(C)c1. The molecule has 1 heterocycles. The number of nitrogens with one attached hydrogen (secondary N) is 1. The van der Waals surface area contributed by atoms with Gasteiger partial charge >= 0.3 is 0 Å². The Morgan fingerprint density at radius 3 is 2.68 bits per heavy atom. The maximum absolute atomic E-state index is 13.6. The number of aryl methyl sites for hydroxylation is 2. The van der Waals surface area contributed by atoms with Crippen LogP contribution >= 0.6 is 0 Å². The second kappa shape index (κ2) is 5.69. The molecular weight excluding hydrogens is 241 g/mol. The fraction of sp³-hybridized carbons (Fsp3) is 0.267. The van der Waals surface area contributed by atoms with E-state index in [1.54, 1.807) is 26.1 Å². The summed E-state index contributed by atoms with van der Waals surface area (Å²) in [6.07, 6.45) is 5.43. The highest BCUT2D eigenvalue weighted by molar-refractivity contribution is 5.33. The minimum atomic E-state index is -0.126. The average molecular weight is 259 g/mol. The van der Waals surface area contributed by atoms with Crippen LogP contribution in [0.25, 0.3) is 0 Å². The number of imidazole rings is 1. The van der Waals surface area contributed by atoms with Crippen LogP contribution in [-0.4, -0.2) is 16.1 Å². The number of anilines is 1. The van der Waals surface area contributed by atoms with Crippen LogP contribution in [0, 0.1) is 19.7 Å². The monoisotopic (exact) mass is 259 g/mol. The van der Waals surface area contributed by atoms with E-state index in [0.29, 0.717) is 24.2 Å². The molecule has 0 bridgehead atoms. The highest BCUT2D eigenvalue weighted by Gasteiger charge is 2.07. The molecule has 0 saturated heterocycles. The Hall–Kier alpha value is -2.10. The molecule has 0 aliphatic heterocycles. The molecule has 0 aliphatic carbocycles. The molecule has 0 aliphatic rings. The topological polar surface area (TPSA) is 29.9 Å². The molecule has 100 valence electrons. The van der Waals surface area contributed by atoms with Crippen molar-refractivity contribution in [1.29, 1.82) is 0 Å². The number of benzene rings is 1. The lowest BCUT2D eigenvalue weighted by Gasteiger charge is -2.11. The third-order valence-electron chi connectivity index (χ3n) is 2.97. The summed E-state index contributed by atoms with van der Waals surface area (Å²) in [6, 6.07) is 3.75. The summed E-state index contributed by atoms with van der Waals surface area (Å²) in [5.74, 6) is 0.666. The van der Waals surface area contributed by atoms with Gasteiger partial charge in [-0.05, 0) is 30.5 Å². The van der Waals surface area contributed by atoms with E-state index in [4.69, 9.17) is 0 Å². The zero-order valence-corrected chi connectivity index (χ0v) is 11.3. The maximum Gasteiger partial charge on any atom is 0.203 e. The average Bonchev–Trinajstić information content (AvgIpc) is 2.80. The first-order valence-corrected chi connectivity index (χ1v) is 6.23. The van der Waals surface area contributed by atoms with Crippen LogP contribution in [0.3, 0.4) is 0 Å². The standard InChI is InChI=1S/C15H18FN3/c1-4-5-17-15-18-6-7-19(15)10-13-8-11(2)14(16)12(3)9-13/h4,6-9H,1,5,10H2,2-3H3,(H,17,18). The van der Waals surface area contributed by atoms with Gasteiger partial charge in [0.05, 0.1) is 6.54 Å². The molecule has 0 radical (unpaired) electrons. The van der Waals surface area contributed by atoms with Crippen molar-refractivity contribution in [3.8, 4) is 0 Å². The van der Waals surface area contributed by atoms with Crippen LogP contribution in [-0.2, 0) is 6.54 Å². The van der Waals surface area contributed by atoms with E-state index in [0.717, 1.165) is 11.5 Å². The van der Waals surface area contributed by atoms with Crippen LogP contribution in [0.4, 0.5) is 10.3 Å². The normalized spacial score (nSPS) is 10.5. The number of rotatable bonds is 5. The minimum absolute atomic E-state index is 0.126. The van der Waals surface area contributed by atoms with Crippen LogP contribution in [0.1, 0.15) is 16.7 Å². The minimum Gasteiger partial charge on any atom is -0.352 e. The lowest BCUT2D eigenvalue weighted by Crippen LogP contribution is -2.08. The van der Waals surface area contributed by atoms with Crippen LogP contribution in [0.2, 0.25) is 0 Å². The number of hydrogen-bond acceptors (Lipinski definition) is 2. The van der Waals surface area contributed by atoms with E-state index in [1.165, 1.54) is 0 Å². The van der Waals surface area contributed by atoms with Crippen LogP contribution < -0.4 is 5.32 Å². The Morgan fingerprint density at radius 2 is 2.05 bits per heavy atom. The Labute approximate surface area is 112 Å². The molecule has 2 rings (SSSR count). The number of aromatic nitrogens is 2. The van der Waals surface area contributed by atoms with E-state index >= 15 is 0 Å². The van der Waals surface area contributed by atoms with Gasteiger partial charge in [-0.1, -0.05) is 18.2 Å². The van der Waals surface area contributed by atoms with E-state index in [2.05, 4.69) is 16.9 Å². The van der Waals surface area contributed by atoms with Gasteiger partial charge in [0.25, 0.3) is 0 Å². The summed E-state index contributed by atoms with van der Waals surface area (Å²) in [6.45, 7) is 8.58. The smallest absolute Gasteiger partial charge is 0.203 e. The molecule has 19 heavy (non-hydrogen) atoms. The Bertz CT molecular complexity index is 564. The molecule has 0 saturated carbocycles. The fourth-order valence-corrected chi connectivity index (χ4v) is 2.09. The van der Waals surface area contributed by atoms with E-state index in [-0.39, 0.29) is 5.82 Å². The molecule has 1 aromatic heterocycles. The summed E-state index contributed by atoms with van der Waals surface area (Å²) in [5.41, 5.74) is 2.42. The van der Waals surface area contributed by atoms with Crippen molar-refractivity contribution in [2.45, 2.75) is 20.4 Å². The molecule has 4 heteroatoms. The fourth-order valence-electron chi connectivity index (χ4n) is 2.09. The predicted octanol–water partition coefficient (Wildman–Crippen LogP) is 3.29. The third-order valence-corrected chi connectivity index (χ3v) is 2.97. The van der Waals surface area contributed by atoms with Crippen molar-refractivity contribution in [3.63, 3.8) is 0 Å². The first-order chi connectivity index (χ1) is 9.11. The van der Waals surface area contributed by atoms with Gasteiger partial charge in [-0.2, -0.15) is 0 Å². The summed E-state index contributed by atoms with van der Waals surface area (Å²) in [7, 11) is 0. The van der Waals surface area contributed by atoms with Crippen LogP contribution in [0.15, 0.2) is 37.2 Å². The summed E-state index contributed by atoms with van der Waals surface area (Å²) >= 11 is 0. The lowest BCUT2D eigenvalue weighted by molar-refractivity contribution is 0.607. The lowest BCUT2D eigenvalue weighted by atomic mass is 10.1. The molecule has 0 spiro atoms. The predicted molar refractivity (Wildman–Crippen MR) is 75.9 cm³/mol. The van der Waals surface area contributed by atoms with Crippen molar-refractivity contribution in [1.82, 2.24) is 9.55 Å². The third kappa shape index (κ3) is 3.02. The molecule has 1 aromatic carbocycles. The molecule has 1 N–H and O–H groups in total. The van der Waals surface area contributed by atoms with Gasteiger partial charge < -0.3 is 9.88 Å². The van der Waals surface area contributed by atoms with Crippen LogP contribution in [0.5, 0.6) is 0 Å². The van der Waals surface area contributed by atoms with Gasteiger partial charge in [-0.15, -0.1) is 6.58 Å². The van der Waals surface area contributed by atoms with Gasteiger partial charge in [0, 0.05) is 18.9 Å². The van der Waals surface area contributed by atoms with Gasteiger partial charge in [0.2, 0.25) is 5.95 Å². The number of hydrogen-bond donors (Lipinski definition) is 1. The Balaban J connectivity index is 2.21. The molecule has 0 atom stereocenters. The van der Waals surface area contributed by atoms with E-state index in [9.17, 15) is 4.39 Å². The highest BCUT2D eigenvalue weighted by atomic mass is 19.1. The molecule has 0 amide bonds. The first kappa shape index (κ1) is 13.3. The number of halogens is 1. The molecule has 2 aromatic rings. The van der Waals surface area contributed by atoms with Crippen molar-refractivity contribution < 1.29 is 4.39 Å². The van der Waals surface area contributed by atoms with Crippen molar-refractivity contribution in [2.75, 3.05) is 11.9 Å². The van der Waals surface area contributed by atoms with Gasteiger partial charge in [0.1, 0.15) is 5.82 Å². The second-order valence-corrected chi connectivity index (χ2v) is 4.59. The summed E-state index contributed by atoms with van der Waals surface area (Å²) < 4.78 is 15.6. The van der Waals surface area contributed by atoms with Crippen molar-refractivity contribution in [2.24, 2.45) is 0 Å². The highest BCUT2D eigenvalue weighted by Crippen LogP contribution is 2.17. The number of nitrogens with zero attached hydrogens (tertiary/aromatic N) is 2. The quantitative estimate of drug-likeness (QED) is 0.835. The van der Waals surface area contributed by atoms with Gasteiger partial charge in [0.15, 0.2) is 0 Å². The first-order valence-electron chi connectivity index (χ1n) is 6.23. The zero-order valence-electron chi connectivity index (χ0n) is 11.3. The van der Waals surface area contributed by atoms with Gasteiger partial charge in [-0.25, -0.2) is 9.37 Å². The van der Waals surface area contributed by atoms with Crippen molar-refractivity contribution >= 4 is 5.95 Å². The largest absolute Gasteiger partial charge is 0.352 e. The van der Waals surface area contributed by atoms with E-state index < -0.39 is 0 Å². The Morgan fingerprint density at radius 1 is 1.37 bits per heavy atom. The van der Waals surface area contributed by atoms with E-state index in [1.807, 2.05) is 22.9 Å².